The molecule has 118 valence electrons. The summed E-state index contributed by atoms with van der Waals surface area (Å²) in [6.45, 7) is 10.3. The number of nitrogens with one attached hydrogen (secondary N) is 1. The van der Waals surface area contributed by atoms with Crippen LogP contribution in [-0.2, 0) is 4.74 Å². The monoisotopic (exact) mass is 281 g/mol. The average Bonchev–Trinajstić information content (AvgIpc) is 3.19. The first-order valence-electron chi connectivity index (χ1n) is 8.87. The summed E-state index contributed by atoms with van der Waals surface area (Å²) in [6, 6.07) is 0.755. The Balaban J connectivity index is 1.52. The first-order valence-corrected chi connectivity index (χ1v) is 8.87. The van der Waals surface area contributed by atoms with Crippen molar-refractivity contribution in [3.8, 4) is 0 Å². The molecule has 0 spiro atoms. The third-order valence-electron chi connectivity index (χ3n) is 5.14. The molecule has 2 unspecified atom stereocenters. The molecule has 2 rings (SSSR count). The van der Waals surface area contributed by atoms with Gasteiger partial charge < -0.3 is 10.1 Å². The summed E-state index contributed by atoms with van der Waals surface area (Å²) in [7, 11) is 0. The van der Waals surface area contributed by atoms with E-state index in [1.807, 2.05) is 0 Å². The maximum Gasteiger partial charge on any atom is 0.0494 e. The minimum atomic E-state index is 0.492. The van der Waals surface area contributed by atoms with Crippen molar-refractivity contribution in [2.75, 3.05) is 19.8 Å². The van der Waals surface area contributed by atoms with E-state index < -0.39 is 0 Å². The Morgan fingerprint density at radius 2 is 1.80 bits per heavy atom. The van der Waals surface area contributed by atoms with E-state index in [2.05, 4.69) is 26.1 Å². The van der Waals surface area contributed by atoms with Gasteiger partial charge in [0.25, 0.3) is 0 Å². The molecule has 2 saturated carbocycles. The second-order valence-electron chi connectivity index (χ2n) is 8.09. The lowest BCUT2D eigenvalue weighted by atomic mass is 9.76. The standard InChI is InChI=1S/C18H35NO/c1-18(2,3)16-6-4-7-17(11-10-16)19-12-5-13-20-14-15-8-9-15/h15-17,19H,4-14H2,1-3H3. The summed E-state index contributed by atoms with van der Waals surface area (Å²) in [6.07, 6.45) is 10.9. The van der Waals surface area contributed by atoms with Gasteiger partial charge in [0.05, 0.1) is 0 Å². The van der Waals surface area contributed by atoms with E-state index in [1.165, 1.54) is 51.4 Å². The molecule has 20 heavy (non-hydrogen) atoms. The van der Waals surface area contributed by atoms with Crippen LogP contribution in [0.3, 0.4) is 0 Å². The third-order valence-corrected chi connectivity index (χ3v) is 5.14. The lowest BCUT2D eigenvalue weighted by Crippen LogP contribution is -2.30. The topological polar surface area (TPSA) is 21.3 Å². The highest BCUT2D eigenvalue weighted by Crippen LogP contribution is 2.36. The van der Waals surface area contributed by atoms with E-state index >= 15 is 0 Å². The van der Waals surface area contributed by atoms with Gasteiger partial charge in [-0.05, 0) is 68.7 Å². The van der Waals surface area contributed by atoms with Crippen LogP contribution in [0.1, 0.15) is 72.1 Å². The maximum atomic E-state index is 5.69. The molecule has 2 aliphatic rings. The van der Waals surface area contributed by atoms with Gasteiger partial charge in [0.2, 0.25) is 0 Å². The van der Waals surface area contributed by atoms with E-state index in [-0.39, 0.29) is 0 Å². The van der Waals surface area contributed by atoms with Crippen LogP contribution in [-0.4, -0.2) is 25.8 Å². The minimum absolute atomic E-state index is 0.492. The van der Waals surface area contributed by atoms with Crippen LogP contribution in [0.2, 0.25) is 0 Å². The molecule has 0 radical (unpaired) electrons. The summed E-state index contributed by atoms with van der Waals surface area (Å²) in [5.41, 5.74) is 0.492. The lowest BCUT2D eigenvalue weighted by molar-refractivity contribution is 0.121. The van der Waals surface area contributed by atoms with Gasteiger partial charge in [-0.1, -0.05) is 27.2 Å². The second kappa shape index (κ2) is 7.79. The molecule has 0 aliphatic heterocycles. The molecule has 1 N–H and O–H groups in total. The molecule has 2 heteroatoms. The predicted molar refractivity (Wildman–Crippen MR) is 86.0 cm³/mol. The van der Waals surface area contributed by atoms with Gasteiger partial charge in [0.1, 0.15) is 0 Å². The normalized spacial score (nSPS) is 28.4. The Labute approximate surface area is 126 Å². The smallest absolute Gasteiger partial charge is 0.0494 e. The fraction of sp³-hybridized carbons (Fsp3) is 1.00. The molecule has 0 saturated heterocycles. The molecule has 2 nitrogen and oxygen atoms in total. The summed E-state index contributed by atoms with van der Waals surface area (Å²) in [5.74, 6) is 1.82. The lowest BCUT2D eigenvalue weighted by Gasteiger charge is -2.29. The van der Waals surface area contributed by atoms with Crippen molar-refractivity contribution in [3.63, 3.8) is 0 Å². The number of hydrogen-bond acceptors (Lipinski definition) is 2. The first-order chi connectivity index (χ1) is 9.55. The van der Waals surface area contributed by atoms with E-state index in [9.17, 15) is 0 Å². The van der Waals surface area contributed by atoms with Crippen molar-refractivity contribution in [2.45, 2.75) is 78.2 Å². The molecule has 0 aromatic carbocycles. The van der Waals surface area contributed by atoms with Crippen LogP contribution in [0.4, 0.5) is 0 Å². The van der Waals surface area contributed by atoms with Gasteiger partial charge in [-0.2, -0.15) is 0 Å². The molecule has 2 aliphatic carbocycles. The zero-order valence-electron chi connectivity index (χ0n) is 13.9. The van der Waals surface area contributed by atoms with Crippen molar-refractivity contribution < 1.29 is 4.74 Å². The predicted octanol–water partition coefficient (Wildman–Crippen LogP) is 4.39. The average molecular weight is 281 g/mol. The van der Waals surface area contributed by atoms with Gasteiger partial charge in [-0.15, -0.1) is 0 Å². The van der Waals surface area contributed by atoms with Gasteiger partial charge in [-0.25, -0.2) is 0 Å². The molecule has 0 aromatic heterocycles. The Morgan fingerprint density at radius 3 is 2.50 bits per heavy atom. The highest BCUT2D eigenvalue weighted by Gasteiger charge is 2.27. The van der Waals surface area contributed by atoms with Gasteiger partial charge in [-0.3, -0.25) is 0 Å². The Morgan fingerprint density at radius 1 is 1.00 bits per heavy atom. The van der Waals surface area contributed by atoms with Crippen LogP contribution < -0.4 is 5.32 Å². The summed E-state index contributed by atoms with van der Waals surface area (Å²) >= 11 is 0. The fourth-order valence-electron chi connectivity index (χ4n) is 3.39. The van der Waals surface area contributed by atoms with E-state index in [0.717, 1.165) is 37.6 Å². The summed E-state index contributed by atoms with van der Waals surface area (Å²) in [5, 5.41) is 3.76. The second-order valence-corrected chi connectivity index (χ2v) is 8.09. The van der Waals surface area contributed by atoms with Crippen molar-refractivity contribution >= 4 is 0 Å². The Kier molecular flexibility index (Phi) is 6.35. The number of hydrogen-bond donors (Lipinski definition) is 1. The Hall–Kier alpha value is -0.0800. The molecule has 0 aromatic rings. The van der Waals surface area contributed by atoms with Crippen molar-refractivity contribution in [1.82, 2.24) is 5.32 Å². The molecule has 0 bridgehead atoms. The summed E-state index contributed by atoms with van der Waals surface area (Å²) < 4.78 is 5.69. The number of ether oxygens (including phenoxy) is 1. The highest BCUT2D eigenvalue weighted by molar-refractivity contribution is 4.81. The van der Waals surface area contributed by atoms with Crippen LogP contribution in [0.15, 0.2) is 0 Å². The molecular weight excluding hydrogens is 246 g/mol. The molecular formula is C18H35NO. The number of rotatable bonds is 7. The molecule has 0 amide bonds. The van der Waals surface area contributed by atoms with Gasteiger partial charge in [0, 0.05) is 19.3 Å². The van der Waals surface area contributed by atoms with Crippen molar-refractivity contribution in [2.24, 2.45) is 17.3 Å². The largest absolute Gasteiger partial charge is 0.381 e. The maximum absolute atomic E-state index is 5.69. The quantitative estimate of drug-likeness (QED) is 0.552. The van der Waals surface area contributed by atoms with Crippen LogP contribution in [0.5, 0.6) is 0 Å². The molecule has 2 fully saturated rings. The van der Waals surface area contributed by atoms with Crippen molar-refractivity contribution in [1.29, 1.82) is 0 Å². The van der Waals surface area contributed by atoms with E-state index in [1.54, 1.807) is 0 Å². The van der Waals surface area contributed by atoms with Crippen LogP contribution in [0.25, 0.3) is 0 Å². The highest BCUT2D eigenvalue weighted by atomic mass is 16.5. The van der Waals surface area contributed by atoms with Gasteiger partial charge >= 0.3 is 0 Å². The van der Waals surface area contributed by atoms with Crippen molar-refractivity contribution in [3.05, 3.63) is 0 Å². The minimum Gasteiger partial charge on any atom is -0.381 e. The summed E-state index contributed by atoms with van der Waals surface area (Å²) in [4.78, 5) is 0. The van der Waals surface area contributed by atoms with E-state index in [0.29, 0.717) is 5.41 Å². The molecule has 0 heterocycles. The van der Waals surface area contributed by atoms with E-state index in [4.69, 9.17) is 4.74 Å². The van der Waals surface area contributed by atoms with Crippen LogP contribution in [0, 0.1) is 17.3 Å². The fourth-order valence-corrected chi connectivity index (χ4v) is 3.39. The SMILES string of the molecule is CC(C)(C)C1CCCC(NCCCOCC2CC2)CC1. The van der Waals surface area contributed by atoms with Crippen LogP contribution >= 0.6 is 0 Å². The first kappa shape index (κ1) is 16.3. The third kappa shape index (κ3) is 6.13. The molecule has 2 atom stereocenters. The van der Waals surface area contributed by atoms with Gasteiger partial charge in [0.15, 0.2) is 0 Å². The zero-order valence-corrected chi connectivity index (χ0v) is 13.9. The Bertz CT molecular complexity index is 267. The zero-order chi connectivity index (χ0) is 14.4.